The number of aryl methyl sites for hydroxylation is 1. The molecule has 0 N–H and O–H groups in total. The van der Waals surface area contributed by atoms with Crippen LogP contribution in [0.4, 0.5) is 0 Å². The zero-order chi connectivity index (χ0) is 19.6. The molecule has 1 aliphatic heterocycles. The average Bonchev–Trinajstić information content (AvgIpc) is 3.10. The molecule has 2 heterocycles. The van der Waals surface area contributed by atoms with Crippen molar-refractivity contribution < 1.29 is 19.1 Å². The van der Waals surface area contributed by atoms with Gasteiger partial charge in [-0.3, -0.25) is 14.4 Å². The maximum absolute atomic E-state index is 13.0. The Kier molecular flexibility index (Phi) is 6.19. The second-order valence-electron chi connectivity index (χ2n) is 7.55. The van der Waals surface area contributed by atoms with Crippen molar-refractivity contribution in [1.82, 2.24) is 9.80 Å². The number of likely N-dealkylation sites (tertiary alicyclic amines) is 1. The molecule has 1 saturated heterocycles. The Morgan fingerprint density at radius 3 is 2.52 bits per heavy atom. The lowest BCUT2D eigenvalue weighted by Gasteiger charge is -2.34. The largest absolute Gasteiger partial charge is 0.466 e. The fourth-order valence-corrected chi connectivity index (χ4v) is 5.14. The number of hydrogen-bond donors (Lipinski definition) is 0. The monoisotopic (exact) mass is 392 g/mol. The van der Waals surface area contributed by atoms with Gasteiger partial charge in [-0.2, -0.15) is 0 Å². The minimum Gasteiger partial charge on any atom is -0.466 e. The molecule has 0 spiro atoms. The van der Waals surface area contributed by atoms with Crippen LogP contribution in [0.1, 0.15) is 46.3 Å². The first-order valence-electron chi connectivity index (χ1n) is 9.69. The number of ether oxygens (including phenoxy) is 1. The van der Waals surface area contributed by atoms with Gasteiger partial charge in [-0.15, -0.1) is 11.3 Å². The van der Waals surface area contributed by atoms with Gasteiger partial charge in [0.15, 0.2) is 0 Å². The van der Waals surface area contributed by atoms with Crippen molar-refractivity contribution >= 4 is 29.1 Å². The smallest absolute Gasteiger partial charge is 0.309 e. The maximum atomic E-state index is 13.0. The molecule has 3 rings (SSSR count). The summed E-state index contributed by atoms with van der Waals surface area (Å²) in [6.45, 7) is 3.47. The molecule has 2 aliphatic rings. The van der Waals surface area contributed by atoms with Gasteiger partial charge in [0.05, 0.1) is 17.4 Å². The highest BCUT2D eigenvalue weighted by Crippen LogP contribution is 2.34. The van der Waals surface area contributed by atoms with E-state index >= 15 is 0 Å². The van der Waals surface area contributed by atoms with Crippen molar-refractivity contribution in [1.29, 1.82) is 0 Å². The quantitative estimate of drug-likeness (QED) is 0.738. The number of hydrogen-bond acceptors (Lipinski definition) is 5. The van der Waals surface area contributed by atoms with E-state index in [1.54, 1.807) is 30.3 Å². The minimum absolute atomic E-state index is 0.0199. The number of thiophene rings is 1. The Morgan fingerprint density at radius 1 is 1.19 bits per heavy atom. The first-order chi connectivity index (χ1) is 12.9. The number of piperidine rings is 1. The molecule has 0 aromatic carbocycles. The summed E-state index contributed by atoms with van der Waals surface area (Å²) in [7, 11) is 3.51. The van der Waals surface area contributed by atoms with Crippen LogP contribution in [0, 0.1) is 11.8 Å². The van der Waals surface area contributed by atoms with Crippen LogP contribution >= 0.6 is 11.3 Å². The molecule has 0 radical (unpaired) electrons. The molecule has 6 nitrogen and oxygen atoms in total. The first kappa shape index (κ1) is 19.9. The van der Waals surface area contributed by atoms with E-state index in [0.717, 1.165) is 23.3 Å². The summed E-state index contributed by atoms with van der Waals surface area (Å²) in [4.78, 5) is 42.5. The number of amides is 2. The molecule has 1 aromatic heterocycles. The van der Waals surface area contributed by atoms with E-state index in [1.807, 2.05) is 17.9 Å². The van der Waals surface area contributed by atoms with Crippen molar-refractivity contribution in [3.63, 3.8) is 0 Å². The first-order valence-corrected chi connectivity index (χ1v) is 10.5. The molecule has 148 valence electrons. The number of nitrogens with zero attached hydrogens (tertiary/aromatic N) is 2. The van der Waals surface area contributed by atoms with E-state index in [4.69, 9.17) is 4.74 Å². The second kappa shape index (κ2) is 8.42. The summed E-state index contributed by atoms with van der Waals surface area (Å²) in [6.07, 6.45) is 3.77. The highest BCUT2D eigenvalue weighted by Gasteiger charge is 2.34. The zero-order valence-corrected chi connectivity index (χ0v) is 17.1. The average molecular weight is 393 g/mol. The van der Waals surface area contributed by atoms with E-state index in [-0.39, 0.29) is 29.6 Å². The van der Waals surface area contributed by atoms with Crippen molar-refractivity contribution in [3.8, 4) is 0 Å². The van der Waals surface area contributed by atoms with Gasteiger partial charge in [0.1, 0.15) is 0 Å². The van der Waals surface area contributed by atoms with E-state index in [9.17, 15) is 14.4 Å². The number of fused-ring (bicyclic) bond motifs is 1. The van der Waals surface area contributed by atoms with Gasteiger partial charge < -0.3 is 14.5 Å². The van der Waals surface area contributed by atoms with Gasteiger partial charge in [-0.05, 0) is 50.7 Å². The highest BCUT2D eigenvalue weighted by molar-refractivity contribution is 7.14. The van der Waals surface area contributed by atoms with Gasteiger partial charge in [0, 0.05) is 38.0 Å². The fourth-order valence-electron chi connectivity index (χ4n) is 3.91. The van der Waals surface area contributed by atoms with Crippen molar-refractivity contribution in [2.45, 2.75) is 39.0 Å². The van der Waals surface area contributed by atoms with Crippen molar-refractivity contribution in [2.75, 3.05) is 33.8 Å². The SMILES string of the molecule is CCOC(=O)C1CCN(C(=O)[C@@H]2CCc3sc(C(=O)N(C)C)cc3C2)CC1. The van der Waals surface area contributed by atoms with Crippen LogP contribution in [-0.2, 0) is 27.2 Å². The molecule has 0 bridgehead atoms. The van der Waals surface area contributed by atoms with Crippen molar-refractivity contribution in [2.24, 2.45) is 11.8 Å². The third kappa shape index (κ3) is 4.34. The number of rotatable bonds is 4. The fraction of sp³-hybridized carbons (Fsp3) is 0.650. The minimum atomic E-state index is -0.136. The van der Waals surface area contributed by atoms with Gasteiger partial charge in [-0.1, -0.05) is 0 Å². The lowest BCUT2D eigenvalue weighted by atomic mass is 9.86. The molecule has 1 atom stereocenters. The molecule has 27 heavy (non-hydrogen) atoms. The van der Waals surface area contributed by atoms with E-state index < -0.39 is 0 Å². The molecule has 7 heteroatoms. The Bertz CT molecular complexity index is 720. The Hall–Kier alpha value is -1.89. The highest BCUT2D eigenvalue weighted by atomic mass is 32.1. The van der Waals surface area contributed by atoms with E-state index in [0.29, 0.717) is 39.0 Å². The summed E-state index contributed by atoms with van der Waals surface area (Å²) in [5.74, 6) is -0.0202. The summed E-state index contributed by atoms with van der Waals surface area (Å²) >= 11 is 1.56. The normalized spacial score (nSPS) is 20.1. The number of esters is 1. The van der Waals surface area contributed by atoms with E-state index in [2.05, 4.69) is 0 Å². The Balaban J connectivity index is 1.58. The van der Waals surface area contributed by atoms with Crippen LogP contribution in [0.3, 0.4) is 0 Å². The van der Waals surface area contributed by atoms with Gasteiger partial charge in [-0.25, -0.2) is 0 Å². The van der Waals surface area contributed by atoms with Crippen LogP contribution < -0.4 is 0 Å². The van der Waals surface area contributed by atoms with Crippen LogP contribution in [0.5, 0.6) is 0 Å². The Morgan fingerprint density at radius 2 is 1.89 bits per heavy atom. The van der Waals surface area contributed by atoms with Crippen LogP contribution in [0.25, 0.3) is 0 Å². The van der Waals surface area contributed by atoms with Gasteiger partial charge in [0.25, 0.3) is 5.91 Å². The molecular formula is C20H28N2O4S. The lowest BCUT2D eigenvalue weighted by molar-refractivity contribution is -0.151. The van der Waals surface area contributed by atoms with Crippen molar-refractivity contribution in [3.05, 3.63) is 21.4 Å². The standard InChI is InChI=1S/C20H28N2O4S/c1-4-26-20(25)13-7-9-22(10-8-13)18(23)14-5-6-16-15(11-14)12-17(27-16)19(24)21(2)3/h12-14H,4-11H2,1-3H3/t14-/m1/s1. The van der Waals surface area contributed by atoms with Crippen LogP contribution in [0.15, 0.2) is 6.07 Å². The predicted octanol–water partition coefficient (Wildman–Crippen LogP) is 2.36. The number of carbonyl (C=O) groups is 3. The topological polar surface area (TPSA) is 66.9 Å². The summed E-state index contributed by atoms with van der Waals surface area (Å²) in [5.41, 5.74) is 1.15. The molecular weight excluding hydrogens is 364 g/mol. The summed E-state index contributed by atoms with van der Waals surface area (Å²) in [6, 6.07) is 1.97. The Labute approximate surface area is 164 Å². The second-order valence-corrected chi connectivity index (χ2v) is 8.69. The van der Waals surface area contributed by atoms with Gasteiger partial charge in [0.2, 0.25) is 5.91 Å². The summed E-state index contributed by atoms with van der Waals surface area (Å²) < 4.78 is 5.10. The molecule has 1 fully saturated rings. The van der Waals surface area contributed by atoms with Crippen LogP contribution in [-0.4, -0.2) is 61.4 Å². The summed E-state index contributed by atoms with van der Waals surface area (Å²) in [5, 5.41) is 0. The lowest BCUT2D eigenvalue weighted by Crippen LogP contribution is -2.44. The predicted molar refractivity (Wildman–Crippen MR) is 104 cm³/mol. The van der Waals surface area contributed by atoms with E-state index in [1.165, 1.54) is 4.88 Å². The van der Waals surface area contributed by atoms with Crippen LogP contribution in [0.2, 0.25) is 0 Å². The third-order valence-corrected chi connectivity index (χ3v) is 6.70. The molecule has 0 unspecified atom stereocenters. The zero-order valence-electron chi connectivity index (χ0n) is 16.3. The molecule has 2 amide bonds. The third-order valence-electron chi connectivity index (χ3n) is 5.48. The van der Waals surface area contributed by atoms with Gasteiger partial charge >= 0.3 is 5.97 Å². The number of carbonyl (C=O) groups excluding carboxylic acids is 3. The molecule has 1 aromatic rings. The molecule has 1 aliphatic carbocycles. The molecule has 0 saturated carbocycles. The maximum Gasteiger partial charge on any atom is 0.309 e.